The smallest absolute Gasteiger partial charge is 0.340 e. The molecule has 1 amide bonds. The van der Waals surface area contributed by atoms with Gasteiger partial charge in [0.1, 0.15) is 16.6 Å². The van der Waals surface area contributed by atoms with E-state index < -0.39 is 11.9 Å². The van der Waals surface area contributed by atoms with Crippen LogP contribution in [0.2, 0.25) is 0 Å². The van der Waals surface area contributed by atoms with Crippen LogP contribution in [0.5, 0.6) is 0 Å². The number of ether oxygens (including phenoxy) is 1. The number of methoxy groups -OCH3 is 1. The van der Waals surface area contributed by atoms with Crippen LogP contribution in [0.3, 0.4) is 0 Å². The van der Waals surface area contributed by atoms with Crippen molar-refractivity contribution in [2.75, 3.05) is 12.4 Å². The molecule has 0 atom stereocenters. The number of hydrogen-bond donors (Lipinski definition) is 1. The molecule has 36 heavy (non-hydrogen) atoms. The van der Waals surface area contributed by atoms with Crippen LogP contribution in [-0.4, -0.2) is 23.6 Å². The van der Waals surface area contributed by atoms with Gasteiger partial charge in [0.25, 0.3) is 5.91 Å². The van der Waals surface area contributed by atoms with Crippen LogP contribution in [0.25, 0.3) is 17.0 Å². The van der Waals surface area contributed by atoms with E-state index in [2.05, 4.69) is 28.9 Å². The highest BCUT2D eigenvalue weighted by atomic mass is 32.1. The van der Waals surface area contributed by atoms with E-state index in [0.29, 0.717) is 11.5 Å². The highest BCUT2D eigenvalue weighted by Gasteiger charge is 2.21. The summed E-state index contributed by atoms with van der Waals surface area (Å²) in [5.41, 5.74) is 4.41. The minimum atomic E-state index is -0.574. The van der Waals surface area contributed by atoms with E-state index in [1.54, 1.807) is 12.1 Å². The van der Waals surface area contributed by atoms with Gasteiger partial charge in [-0.1, -0.05) is 56.3 Å². The van der Waals surface area contributed by atoms with Gasteiger partial charge in [-0.15, -0.1) is 11.3 Å². The molecule has 0 saturated carbocycles. The predicted molar refractivity (Wildman–Crippen MR) is 144 cm³/mol. The second-order valence-corrected chi connectivity index (χ2v) is 9.90. The number of thiophene rings is 1. The summed E-state index contributed by atoms with van der Waals surface area (Å²) in [7, 11) is 1.30. The number of anilines is 1. The topological polar surface area (TPSA) is 84.1 Å². The molecular formula is C29H27N3O3S. The predicted octanol–water partition coefficient (Wildman–Crippen LogP) is 6.52. The van der Waals surface area contributed by atoms with E-state index in [-0.39, 0.29) is 17.1 Å². The van der Waals surface area contributed by atoms with Crippen molar-refractivity contribution in [1.82, 2.24) is 4.57 Å². The first-order chi connectivity index (χ1) is 17.3. The average Bonchev–Trinajstić information content (AvgIpc) is 3.45. The Morgan fingerprint density at radius 1 is 1.17 bits per heavy atom. The number of hydrogen-bond acceptors (Lipinski definition) is 5. The van der Waals surface area contributed by atoms with Crippen LogP contribution in [0.4, 0.5) is 5.00 Å². The molecule has 0 aliphatic heterocycles. The minimum absolute atomic E-state index is 0.0518. The third-order valence-electron chi connectivity index (χ3n) is 6.04. The van der Waals surface area contributed by atoms with Gasteiger partial charge < -0.3 is 14.6 Å². The lowest BCUT2D eigenvalue weighted by Crippen LogP contribution is -2.15. The van der Waals surface area contributed by atoms with Gasteiger partial charge in [-0.25, -0.2) is 4.79 Å². The van der Waals surface area contributed by atoms with E-state index in [0.717, 1.165) is 21.3 Å². The monoisotopic (exact) mass is 497 g/mol. The van der Waals surface area contributed by atoms with Gasteiger partial charge in [0.15, 0.2) is 0 Å². The lowest BCUT2D eigenvalue weighted by Gasteiger charge is -2.08. The van der Waals surface area contributed by atoms with Crippen molar-refractivity contribution < 1.29 is 14.3 Å². The number of esters is 1. The summed E-state index contributed by atoms with van der Waals surface area (Å²) >= 11 is 1.31. The lowest BCUT2D eigenvalue weighted by molar-refractivity contribution is -0.112. The van der Waals surface area contributed by atoms with E-state index in [9.17, 15) is 14.9 Å². The summed E-state index contributed by atoms with van der Waals surface area (Å²) in [4.78, 5) is 26.3. The van der Waals surface area contributed by atoms with Crippen LogP contribution in [0.15, 0.2) is 66.4 Å². The number of aromatic nitrogens is 1. The molecule has 0 fully saturated rings. The number of aryl methyl sites for hydroxylation is 1. The molecule has 6 nitrogen and oxygen atoms in total. The van der Waals surface area contributed by atoms with Crippen LogP contribution >= 0.6 is 11.3 Å². The summed E-state index contributed by atoms with van der Waals surface area (Å²) < 4.78 is 7.00. The van der Waals surface area contributed by atoms with Crippen molar-refractivity contribution in [1.29, 1.82) is 5.26 Å². The summed E-state index contributed by atoms with van der Waals surface area (Å²) in [6, 6.07) is 19.9. The van der Waals surface area contributed by atoms with Crippen molar-refractivity contribution in [2.24, 2.45) is 0 Å². The number of nitriles is 1. The van der Waals surface area contributed by atoms with Crippen LogP contribution in [0, 0.1) is 18.3 Å². The van der Waals surface area contributed by atoms with E-state index in [4.69, 9.17) is 4.74 Å². The highest BCUT2D eigenvalue weighted by molar-refractivity contribution is 7.16. The van der Waals surface area contributed by atoms with Crippen molar-refractivity contribution in [3.63, 3.8) is 0 Å². The largest absolute Gasteiger partial charge is 0.465 e. The number of nitrogens with one attached hydrogen (secondary N) is 1. The molecule has 2 heterocycles. The summed E-state index contributed by atoms with van der Waals surface area (Å²) in [5, 5.41) is 13.9. The first kappa shape index (κ1) is 25.0. The molecule has 0 saturated heterocycles. The van der Waals surface area contributed by atoms with Gasteiger partial charge in [-0.05, 0) is 42.2 Å². The zero-order valence-corrected chi connectivity index (χ0v) is 21.5. The third-order valence-corrected chi connectivity index (χ3v) is 7.39. The van der Waals surface area contributed by atoms with Crippen molar-refractivity contribution in [3.8, 4) is 6.07 Å². The van der Waals surface area contributed by atoms with Crippen molar-refractivity contribution >= 4 is 45.2 Å². The van der Waals surface area contributed by atoms with Crippen molar-refractivity contribution in [3.05, 3.63) is 93.5 Å². The molecule has 0 radical (unpaired) electrons. The Balaban J connectivity index is 1.69. The summed E-state index contributed by atoms with van der Waals surface area (Å²) in [6.45, 7) is 6.76. The molecule has 182 valence electrons. The van der Waals surface area contributed by atoms with Gasteiger partial charge in [-0.2, -0.15) is 5.26 Å². The second-order valence-electron chi connectivity index (χ2n) is 8.82. The number of fused-ring (bicyclic) bond motifs is 1. The quantitative estimate of drug-likeness (QED) is 0.179. The van der Waals surface area contributed by atoms with Gasteiger partial charge in [-0.3, -0.25) is 4.79 Å². The Morgan fingerprint density at radius 3 is 2.58 bits per heavy atom. The molecule has 1 N–H and O–H groups in total. The Labute approximate surface area is 214 Å². The maximum atomic E-state index is 13.1. The Hall–Kier alpha value is -4.15. The SMILES string of the molecule is COC(=O)c1cc(C(C)C)sc1NC(=O)C(C#N)=Cc1cn(Cc2ccccc2C)c2ccccc12. The molecular weight excluding hydrogens is 470 g/mol. The molecule has 0 aliphatic rings. The van der Waals surface area contributed by atoms with Gasteiger partial charge >= 0.3 is 5.97 Å². The van der Waals surface area contributed by atoms with E-state index >= 15 is 0 Å². The number of benzene rings is 2. The third kappa shape index (κ3) is 5.09. The zero-order valence-electron chi connectivity index (χ0n) is 20.7. The molecule has 2 aromatic heterocycles. The van der Waals surface area contributed by atoms with Crippen molar-refractivity contribution in [2.45, 2.75) is 33.2 Å². The molecule has 4 rings (SSSR count). The number of amides is 1. The number of carbonyl (C=O) groups is 2. The molecule has 4 aromatic rings. The average molecular weight is 498 g/mol. The van der Waals surface area contributed by atoms with Crippen LogP contribution in [-0.2, 0) is 16.1 Å². The minimum Gasteiger partial charge on any atom is -0.465 e. The molecule has 0 bridgehead atoms. The Morgan fingerprint density at radius 2 is 1.89 bits per heavy atom. The number of para-hydroxylation sites is 1. The number of nitrogens with zero attached hydrogens (tertiary/aromatic N) is 2. The highest BCUT2D eigenvalue weighted by Crippen LogP contribution is 2.34. The fourth-order valence-electron chi connectivity index (χ4n) is 4.02. The van der Waals surface area contributed by atoms with E-state index in [1.807, 2.05) is 62.5 Å². The second kappa shape index (κ2) is 10.6. The maximum absolute atomic E-state index is 13.1. The first-order valence-corrected chi connectivity index (χ1v) is 12.4. The lowest BCUT2D eigenvalue weighted by atomic mass is 10.1. The first-order valence-electron chi connectivity index (χ1n) is 11.6. The molecule has 7 heteroatoms. The molecule has 0 aliphatic carbocycles. The maximum Gasteiger partial charge on any atom is 0.340 e. The van der Waals surface area contributed by atoms with Crippen LogP contribution < -0.4 is 5.32 Å². The Bertz CT molecular complexity index is 1520. The number of rotatable bonds is 7. The summed E-state index contributed by atoms with van der Waals surface area (Å²) in [6.07, 6.45) is 3.56. The van der Waals surface area contributed by atoms with Crippen LogP contribution in [0.1, 0.15) is 51.7 Å². The van der Waals surface area contributed by atoms with Gasteiger partial charge in [0.05, 0.1) is 12.7 Å². The Kier molecular flexibility index (Phi) is 7.37. The fourth-order valence-corrected chi connectivity index (χ4v) is 5.06. The van der Waals surface area contributed by atoms with Gasteiger partial charge in [0.2, 0.25) is 0 Å². The molecule has 0 unspecified atom stereocenters. The standard InChI is InChI=1S/C29H27N3O3S/c1-18(2)26-14-24(29(34)35-4)28(36-26)31-27(33)21(15-30)13-22-17-32(25-12-8-7-11-23(22)25)16-20-10-6-5-9-19(20)3/h5-14,17-18H,16H2,1-4H3,(H,31,33). The number of carbonyl (C=O) groups excluding carboxylic acids is 2. The fraction of sp³-hybridized carbons (Fsp3) is 0.207. The molecule has 0 spiro atoms. The summed E-state index contributed by atoms with van der Waals surface area (Å²) in [5.74, 6) is -0.930. The normalized spacial score (nSPS) is 11.5. The molecule has 2 aromatic carbocycles. The zero-order chi connectivity index (χ0) is 25.8. The van der Waals surface area contributed by atoms with Gasteiger partial charge in [0, 0.05) is 34.1 Å². The van der Waals surface area contributed by atoms with E-state index in [1.165, 1.54) is 29.6 Å².